The minimum atomic E-state index is -1.15. The number of halogens is 5. The highest BCUT2D eigenvalue weighted by Crippen LogP contribution is 2.52. The summed E-state index contributed by atoms with van der Waals surface area (Å²) in [7, 11) is 0. The molecule has 3 aromatic carbocycles. The molecule has 3 aromatic rings. The molecular weight excluding hydrogens is 439 g/mol. The van der Waals surface area contributed by atoms with Crippen molar-refractivity contribution in [2.24, 2.45) is 0 Å². The highest BCUT2D eigenvalue weighted by atomic mass is 19.2. The van der Waals surface area contributed by atoms with Crippen molar-refractivity contribution >= 4 is 0 Å². The van der Waals surface area contributed by atoms with Crippen LogP contribution in [0.5, 0.6) is 11.5 Å². The maximum absolute atomic E-state index is 15.2. The molecule has 0 saturated carbocycles. The van der Waals surface area contributed by atoms with Crippen LogP contribution in [-0.4, -0.2) is 13.2 Å². The summed E-state index contributed by atoms with van der Waals surface area (Å²) < 4.78 is 83.2. The predicted molar refractivity (Wildman–Crippen MR) is 116 cm³/mol. The zero-order valence-electron chi connectivity index (χ0n) is 18.3. The molecule has 33 heavy (non-hydrogen) atoms. The Morgan fingerprint density at radius 3 is 1.97 bits per heavy atom. The number of fused-ring (bicyclic) bond motifs is 4. The van der Waals surface area contributed by atoms with Crippen LogP contribution < -0.4 is 9.47 Å². The van der Waals surface area contributed by atoms with Crippen molar-refractivity contribution in [2.75, 3.05) is 13.2 Å². The first-order chi connectivity index (χ1) is 15.9. The molecule has 0 aromatic heterocycles. The summed E-state index contributed by atoms with van der Waals surface area (Å²) in [5.74, 6) is -5.49. The van der Waals surface area contributed by atoms with Crippen LogP contribution in [0.15, 0.2) is 30.3 Å². The quantitative estimate of drug-likeness (QED) is 0.191. The van der Waals surface area contributed by atoms with Crippen molar-refractivity contribution in [3.8, 4) is 33.8 Å². The summed E-state index contributed by atoms with van der Waals surface area (Å²) in [4.78, 5) is 0. The average molecular weight is 462 g/mol. The van der Waals surface area contributed by atoms with E-state index >= 15 is 4.39 Å². The van der Waals surface area contributed by atoms with E-state index in [1.54, 1.807) is 13.0 Å². The molecule has 0 fully saturated rings. The first kappa shape index (κ1) is 23.1. The maximum atomic E-state index is 15.2. The number of aryl methyl sites for hydroxylation is 2. The second kappa shape index (κ2) is 9.41. The van der Waals surface area contributed by atoms with Crippen LogP contribution in [0.1, 0.15) is 37.8 Å². The van der Waals surface area contributed by atoms with Gasteiger partial charge in [0.15, 0.2) is 23.1 Å². The molecule has 4 rings (SSSR count). The van der Waals surface area contributed by atoms with Crippen molar-refractivity contribution in [3.05, 3.63) is 70.5 Å². The number of unbranched alkanes of at least 4 members (excludes halogenated alkanes) is 1. The lowest BCUT2D eigenvalue weighted by Crippen LogP contribution is -2.11. The van der Waals surface area contributed by atoms with Gasteiger partial charge in [0.25, 0.3) is 0 Å². The second-order valence-corrected chi connectivity index (χ2v) is 7.87. The number of rotatable bonds is 9. The third-order valence-corrected chi connectivity index (χ3v) is 5.78. The topological polar surface area (TPSA) is 18.5 Å². The van der Waals surface area contributed by atoms with Gasteiger partial charge in [0.05, 0.1) is 13.2 Å². The van der Waals surface area contributed by atoms with Gasteiger partial charge >= 0.3 is 0 Å². The molecule has 1 aliphatic carbocycles. The molecule has 1 aliphatic rings. The molecule has 0 N–H and O–H groups in total. The fraction of sp³-hybridized carbons (Fsp3) is 0.308. The Hall–Kier alpha value is -3.09. The van der Waals surface area contributed by atoms with E-state index in [2.05, 4.69) is 0 Å². The van der Waals surface area contributed by atoms with Crippen LogP contribution in [0.4, 0.5) is 22.0 Å². The summed E-state index contributed by atoms with van der Waals surface area (Å²) in [6, 6.07) is 7.27. The lowest BCUT2D eigenvalue weighted by Gasteiger charge is -2.27. The van der Waals surface area contributed by atoms with Gasteiger partial charge in [-0.15, -0.1) is 0 Å². The third-order valence-electron chi connectivity index (χ3n) is 5.78. The van der Waals surface area contributed by atoms with E-state index in [0.29, 0.717) is 17.5 Å². The fourth-order valence-electron chi connectivity index (χ4n) is 4.01. The van der Waals surface area contributed by atoms with Crippen LogP contribution in [0.25, 0.3) is 22.3 Å². The van der Waals surface area contributed by atoms with Gasteiger partial charge in [-0.3, -0.25) is 0 Å². The van der Waals surface area contributed by atoms with Crippen LogP contribution in [-0.2, 0) is 12.8 Å². The van der Waals surface area contributed by atoms with Crippen LogP contribution in [0.2, 0.25) is 0 Å². The van der Waals surface area contributed by atoms with Crippen molar-refractivity contribution in [2.45, 2.75) is 39.5 Å². The highest BCUT2D eigenvalue weighted by Gasteiger charge is 2.34. The van der Waals surface area contributed by atoms with E-state index in [-0.39, 0.29) is 59.8 Å². The fourth-order valence-corrected chi connectivity index (χ4v) is 4.01. The van der Waals surface area contributed by atoms with Gasteiger partial charge in [-0.25, -0.2) is 13.2 Å². The van der Waals surface area contributed by atoms with Crippen molar-refractivity contribution in [1.82, 2.24) is 0 Å². The van der Waals surface area contributed by atoms with Gasteiger partial charge in [0, 0.05) is 11.1 Å². The molecule has 2 nitrogen and oxygen atoms in total. The van der Waals surface area contributed by atoms with E-state index < -0.39 is 29.1 Å². The standard InChI is InChI=1S/C26H23F5O2/c1-3-5-12-33-19-13-17-16-10-8-14(22(27)20(16)21(17)26(31)25(19)30)6-7-15-9-11-18(32-4-2)24(29)23(15)28/h8-11,13H,3-7,12H2,1-2H3. The molecule has 0 bridgehead atoms. The average Bonchev–Trinajstić information content (AvgIpc) is 2.79. The molecular formula is C26H23F5O2. The first-order valence-electron chi connectivity index (χ1n) is 11.0. The molecule has 0 saturated heterocycles. The summed E-state index contributed by atoms with van der Waals surface area (Å²) in [5, 5.41) is 0. The molecule has 174 valence electrons. The zero-order chi connectivity index (χ0) is 23.7. The van der Waals surface area contributed by atoms with Gasteiger partial charge in [0.1, 0.15) is 5.82 Å². The van der Waals surface area contributed by atoms with E-state index in [0.717, 1.165) is 6.42 Å². The molecule has 0 heterocycles. The Labute approximate surface area is 189 Å². The van der Waals surface area contributed by atoms with Crippen molar-refractivity contribution in [3.63, 3.8) is 0 Å². The Kier molecular flexibility index (Phi) is 6.58. The summed E-state index contributed by atoms with van der Waals surface area (Å²) in [6.45, 7) is 4.07. The normalized spacial score (nSPS) is 11.6. The molecule has 0 amide bonds. The number of hydrogen-bond donors (Lipinski definition) is 0. The van der Waals surface area contributed by atoms with Crippen molar-refractivity contribution in [1.29, 1.82) is 0 Å². The van der Waals surface area contributed by atoms with E-state index in [1.807, 2.05) is 6.92 Å². The monoisotopic (exact) mass is 462 g/mol. The van der Waals surface area contributed by atoms with Crippen LogP contribution in [0, 0.1) is 29.1 Å². The van der Waals surface area contributed by atoms with Crippen molar-refractivity contribution < 1.29 is 31.4 Å². The smallest absolute Gasteiger partial charge is 0.201 e. The molecule has 7 heteroatoms. The van der Waals surface area contributed by atoms with Crippen LogP contribution >= 0.6 is 0 Å². The van der Waals surface area contributed by atoms with Gasteiger partial charge < -0.3 is 9.47 Å². The molecule has 0 spiro atoms. The first-order valence-corrected chi connectivity index (χ1v) is 11.0. The molecule has 0 radical (unpaired) electrons. The number of benzene rings is 3. The largest absolute Gasteiger partial charge is 0.491 e. The molecule has 0 aliphatic heterocycles. The molecule has 0 atom stereocenters. The minimum absolute atomic E-state index is 0.00245. The summed E-state index contributed by atoms with van der Waals surface area (Å²) in [6.07, 6.45) is 1.63. The van der Waals surface area contributed by atoms with Gasteiger partial charge in [0.2, 0.25) is 11.6 Å². The Morgan fingerprint density at radius 1 is 0.636 bits per heavy atom. The Balaban J connectivity index is 1.58. The molecule has 0 unspecified atom stereocenters. The van der Waals surface area contributed by atoms with E-state index in [4.69, 9.17) is 9.47 Å². The second-order valence-electron chi connectivity index (χ2n) is 7.87. The minimum Gasteiger partial charge on any atom is -0.491 e. The van der Waals surface area contributed by atoms with E-state index in [1.165, 1.54) is 24.3 Å². The van der Waals surface area contributed by atoms with Crippen LogP contribution in [0.3, 0.4) is 0 Å². The van der Waals surface area contributed by atoms with Gasteiger partial charge in [-0.05, 0) is 60.6 Å². The lowest BCUT2D eigenvalue weighted by molar-refractivity contribution is 0.289. The van der Waals surface area contributed by atoms with Gasteiger partial charge in [-0.1, -0.05) is 31.5 Å². The Bertz CT molecular complexity index is 1210. The highest BCUT2D eigenvalue weighted by molar-refractivity contribution is 6.03. The van der Waals surface area contributed by atoms with E-state index in [9.17, 15) is 17.6 Å². The van der Waals surface area contributed by atoms with Gasteiger partial charge in [-0.2, -0.15) is 8.78 Å². The maximum Gasteiger partial charge on any atom is 0.201 e. The number of hydrogen-bond acceptors (Lipinski definition) is 2. The third kappa shape index (κ3) is 4.05. The Morgan fingerprint density at radius 2 is 1.27 bits per heavy atom. The zero-order valence-corrected chi connectivity index (χ0v) is 18.3. The summed E-state index contributed by atoms with van der Waals surface area (Å²) in [5.41, 5.74) is 1.00. The SMILES string of the molecule is CCCCOc1cc2c(c(F)c1F)-c1c-2ccc(CCc2ccc(OCC)c(F)c2F)c1F. The summed E-state index contributed by atoms with van der Waals surface area (Å²) >= 11 is 0. The lowest BCUT2D eigenvalue weighted by atomic mass is 9.78. The predicted octanol–water partition coefficient (Wildman–Crippen LogP) is 7.39. The number of ether oxygens (including phenoxy) is 2.